The Kier molecular flexibility index (Phi) is 2.70. The minimum Gasteiger partial charge on any atom is -0.318 e. The van der Waals surface area contributed by atoms with Gasteiger partial charge in [0.2, 0.25) is 0 Å². The van der Waals surface area contributed by atoms with E-state index in [1.165, 1.54) is 22.6 Å². The zero-order valence-electron chi connectivity index (χ0n) is 9.21. The van der Waals surface area contributed by atoms with Gasteiger partial charge in [0, 0.05) is 21.5 Å². The van der Waals surface area contributed by atoms with Gasteiger partial charge in [-0.05, 0) is 50.6 Å². The van der Waals surface area contributed by atoms with Crippen molar-refractivity contribution in [1.29, 1.82) is 0 Å². The molecule has 15 heavy (non-hydrogen) atoms. The SMILES string of the molecule is Cc1c(Br)cccc1-n1c(C)ccc1C. The Balaban J connectivity index is 2.69. The van der Waals surface area contributed by atoms with Crippen LogP contribution in [0.15, 0.2) is 34.8 Å². The van der Waals surface area contributed by atoms with E-state index in [4.69, 9.17) is 0 Å². The Morgan fingerprint density at radius 2 is 1.53 bits per heavy atom. The quantitative estimate of drug-likeness (QED) is 0.728. The molecule has 0 amide bonds. The van der Waals surface area contributed by atoms with Crippen molar-refractivity contribution in [2.75, 3.05) is 0 Å². The smallest absolute Gasteiger partial charge is 0.0495 e. The number of aryl methyl sites for hydroxylation is 2. The molecule has 1 nitrogen and oxygen atoms in total. The molecule has 0 radical (unpaired) electrons. The van der Waals surface area contributed by atoms with Crippen LogP contribution in [-0.4, -0.2) is 4.57 Å². The van der Waals surface area contributed by atoms with Crippen molar-refractivity contribution in [3.8, 4) is 5.69 Å². The summed E-state index contributed by atoms with van der Waals surface area (Å²) in [5.41, 5.74) is 5.08. The minimum atomic E-state index is 1.16. The lowest BCUT2D eigenvalue weighted by atomic mass is 10.2. The Hall–Kier alpha value is -1.02. The summed E-state index contributed by atoms with van der Waals surface area (Å²) in [4.78, 5) is 0. The highest BCUT2D eigenvalue weighted by Crippen LogP contribution is 2.25. The van der Waals surface area contributed by atoms with Gasteiger partial charge in [0.25, 0.3) is 0 Å². The monoisotopic (exact) mass is 263 g/mol. The van der Waals surface area contributed by atoms with E-state index in [9.17, 15) is 0 Å². The molecule has 0 bridgehead atoms. The summed E-state index contributed by atoms with van der Waals surface area (Å²) in [6, 6.07) is 10.6. The lowest BCUT2D eigenvalue weighted by Gasteiger charge is -2.13. The standard InChI is InChI=1S/C13H14BrN/c1-9-7-8-10(2)15(9)13-6-4-5-12(14)11(13)3/h4-8H,1-3H3. The molecule has 2 heteroatoms. The van der Waals surface area contributed by atoms with Gasteiger partial charge in [-0.25, -0.2) is 0 Å². The molecule has 78 valence electrons. The van der Waals surface area contributed by atoms with E-state index < -0.39 is 0 Å². The van der Waals surface area contributed by atoms with Gasteiger partial charge >= 0.3 is 0 Å². The van der Waals surface area contributed by atoms with Gasteiger partial charge in [-0.3, -0.25) is 0 Å². The summed E-state index contributed by atoms with van der Waals surface area (Å²) in [5.74, 6) is 0. The zero-order chi connectivity index (χ0) is 11.0. The van der Waals surface area contributed by atoms with Crippen LogP contribution in [0, 0.1) is 20.8 Å². The molecule has 0 N–H and O–H groups in total. The zero-order valence-corrected chi connectivity index (χ0v) is 10.8. The first-order chi connectivity index (χ1) is 7.11. The third-order valence-corrected chi connectivity index (χ3v) is 3.61. The van der Waals surface area contributed by atoms with Crippen LogP contribution < -0.4 is 0 Å². The van der Waals surface area contributed by atoms with Gasteiger partial charge in [-0.2, -0.15) is 0 Å². The fraction of sp³-hybridized carbons (Fsp3) is 0.231. The van der Waals surface area contributed by atoms with E-state index in [2.05, 4.69) is 71.6 Å². The molecular formula is C13H14BrN. The van der Waals surface area contributed by atoms with Gasteiger partial charge in [-0.15, -0.1) is 0 Å². The fourth-order valence-corrected chi connectivity index (χ4v) is 2.24. The Bertz CT molecular complexity index is 478. The Morgan fingerprint density at radius 3 is 2.13 bits per heavy atom. The van der Waals surface area contributed by atoms with Gasteiger partial charge < -0.3 is 4.57 Å². The molecule has 0 aliphatic rings. The molecule has 2 rings (SSSR count). The minimum absolute atomic E-state index is 1.16. The highest BCUT2D eigenvalue weighted by atomic mass is 79.9. The molecule has 0 aliphatic carbocycles. The Labute approximate surface area is 98.9 Å². The second kappa shape index (κ2) is 3.86. The van der Waals surface area contributed by atoms with E-state index in [1.54, 1.807) is 0 Å². The second-order valence-electron chi connectivity index (χ2n) is 3.84. The van der Waals surface area contributed by atoms with Crippen molar-refractivity contribution >= 4 is 15.9 Å². The van der Waals surface area contributed by atoms with Crippen LogP contribution in [0.4, 0.5) is 0 Å². The number of nitrogens with zero attached hydrogens (tertiary/aromatic N) is 1. The molecule has 0 aliphatic heterocycles. The van der Waals surface area contributed by atoms with Crippen molar-refractivity contribution in [3.63, 3.8) is 0 Å². The maximum atomic E-state index is 3.57. The molecule has 0 fully saturated rings. The molecule has 0 saturated heterocycles. The Morgan fingerprint density at radius 1 is 0.933 bits per heavy atom. The molecule has 0 saturated carbocycles. The third-order valence-electron chi connectivity index (χ3n) is 2.75. The van der Waals surface area contributed by atoms with Crippen LogP contribution in [0.1, 0.15) is 17.0 Å². The van der Waals surface area contributed by atoms with Crippen LogP contribution in [0.2, 0.25) is 0 Å². The van der Waals surface area contributed by atoms with Gasteiger partial charge in [0.1, 0.15) is 0 Å². The first-order valence-electron chi connectivity index (χ1n) is 5.01. The predicted molar refractivity (Wildman–Crippen MR) is 67.7 cm³/mol. The van der Waals surface area contributed by atoms with Crippen LogP contribution in [0.25, 0.3) is 5.69 Å². The average Bonchev–Trinajstić information content (AvgIpc) is 2.52. The summed E-state index contributed by atoms with van der Waals surface area (Å²) in [5, 5.41) is 0. The average molecular weight is 264 g/mol. The molecule has 2 aromatic rings. The maximum Gasteiger partial charge on any atom is 0.0495 e. The molecule has 1 aromatic heterocycles. The fourth-order valence-electron chi connectivity index (χ4n) is 1.89. The first-order valence-corrected chi connectivity index (χ1v) is 5.81. The third kappa shape index (κ3) is 1.74. The number of aromatic nitrogens is 1. The van der Waals surface area contributed by atoms with E-state index in [0.717, 1.165) is 4.47 Å². The number of rotatable bonds is 1. The van der Waals surface area contributed by atoms with Gasteiger partial charge in [0.15, 0.2) is 0 Å². The van der Waals surface area contributed by atoms with Crippen molar-refractivity contribution in [1.82, 2.24) is 4.57 Å². The van der Waals surface area contributed by atoms with Crippen molar-refractivity contribution in [2.45, 2.75) is 20.8 Å². The summed E-state index contributed by atoms with van der Waals surface area (Å²) in [7, 11) is 0. The normalized spacial score (nSPS) is 10.7. The van der Waals surface area contributed by atoms with E-state index in [1.807, 2.05) is 0 Å². The summed E-state index contributed by atoms with van der Waals surface area (Å²) in [6.45, 7) is 6.40. The largest absolute Gasteiger partial charge is 0.318 e. The predicted octanol–water partition coefficient (Wildman–Crippen LogP) is 4.17. The van der Waals surface area contributed by atoms with Crippen molar-refractivity contribution in [3.05, 3.63) is 51.8 Å². The highest BCUT2D eigenvalue weighted by molar-refractivity contribution is 9.10. The van der Waals surface area contributed by atoms with Crippen LogP contribution in [-0.2, 0) is 0 Å². The molecule has 0 unspecified atom stereocenters. The topological polar surface area (TPSA) is 4.93 Å². The molecule has 1 aromatic carbocycles. The van der Waals surface area contributed by atoms with Gasteiger partial charge in [0.05, 0.1) is 0 Å². The van der Waals surface area contributed by atoms with Crippen LogP contribution in [0.5, 0.6) is 0 Å². The van der Waals surface area contributed by atoms with E-state index >= 15 is 0 Å². The van der Waals surface area contributed by atoms with Crippen molar-refractivity contribution in [2.24, 2.45) is 0 Å². The second-order valence-corrected chi connectivity index (χ2v) is 4.69. The number of benzene rings is 1. The lowest BCUT2D eigenvalue weighted by Crippen LogP contribution is -2.01. The summed E-state index contributed by atoms with van der Waals surface area (Å²) < 4.78 is 3.44. The lowest BCUT2D eigenvalue weighted by molar-refractivity contribution is 0.953. The van der Waals surface area contributed by atoms with Crippen molar-refractivity contribution < 1.29 is 0 Å². The van der Waals surface area contributed by atoms with E-state index in [0.29, 0.717) is 0 Å². The molecule has 1 heterocycles. The highest BCUT2D eigenvalue weighted by Gasteiger charge is 2.07. The molecule has 0 atom stereocenters. The first kappa shape index (κ1) is 10.5. The van der Waals surface area contributed by atoms with Gasteiger partial charge in [-0.1, -0.05) is 22.0 Å². The van der Waals surface area contributed by atoms with Crippen LogP contribution in [0.3, 0.4) is 0 Å². The number of hydrogen-bond acceptors (Lipinski definition) is 0. The van der Waals surface area contributed by atoms with Crippen LogP contribution >= 0.6 is 15.9 Å². The number of halogens is 1. The van der Waals surface area contributed by atoms with E-state index in [-0.39, 0.29) is 0 Å². The molecular weight excluding hydrogens is 250 g/mol. The number of hydrogen-bond donors (Lipinski definition) is 0. The maximum absolute atomic E-state index is 3.57. The summed E-state index contributed by atoms with van der Waals surface area (Å²) >= 11 is 3.57. The summed E-state index contributed by atoms with van der Waals surface area (Å²) in [6.07, 6.45) is 0. The molecule has 0 spiro atoms.